The van der Waals surface area contributed by atoms with Crippen LogP contribution in [0.4, 0.5) is 5.13 Å². The highest BCUT2D eigenvalue weighted by atomic mass is 35.5. The van der Waals surface area contributed by atoms with Crippen LogP contribution < -0.4 is 5.73 Å². The quantitative estimate of drug-likeness (QED) is 0.585. The van der Waals surface area contributed by atoms with E-state index >= 15 is 0 Å². The Morgan fingerprint density at radius 2 is 1.77 bits per heavy atom. The summed E-state index contributed by atoms with van der Waals surface area (Å²) in [6.45, 7) is 0. The van der Waals surface area contributed by atoms with Crippen molar-refractivity contribution in [3.05, 3.63) is 75.8 Å². The first-order valence-electron chi connectivity index (χ1n) is 6.67. The number of aromatic nitrogens is 2. The van der Waals surface area contributed by atoms with Gasteiger partial charge in [0, 0.05) is 17.0 Å². The molecular weight excluding hydrogens is 316 g/mol. The number of hydrogen-bond donors (Lipinski definition) is 1. The Labute approximate surface area is 137 Å². The SMILES string of the molecule is N/C(=N\c1nnc(Cc2ccccc2)s1)c1ccc(Cl)cc1. The third-order valence-electron chi connectivity index (χ3n) is 3.01. The predicted octanol–water partition coefficient (Wildman–Crippen LogP) is 3.82. The summed E-state index contributed by atoms with van der Waals surface area (Å²) in [6.07, 6.45) is 0.745. The number of hydrogen-bond acceptors (Lipinski definition) is 4. The lowest BCUT2D eigenvalue weighted by atomic mass is 10.2. The molecule has 3 aromatic rings. The van der Waals surface area contributed by atoms with Crippen LogP contribution in [0, 0.1) is 0 Å². The van der Waals surface area contributed by atoms with Crippen molar-refractivity contribution in [3.63, 3.8) is 0 Å². The number of rotatable bonds is 4. The monoisotopic (exact) mass is 328 g/mol. The number of nitrogens with two attached hydrogens (primary N) is 1. The van der Waals surface area contributed by atoms with Crippen molar-refractivity contribution in [2.45, 2.75) is 6.42 Å². The van der Waals surface area contributed by atoms with Gasteiger partial charge in [0.1, 0.15) is 10.8 Å². The summed E-state index contributed by atoms with van der Waals surface area (Å²) in [5, 5.41) is 10.4. The lowest BCUT2D eigenvalue weighted by Gasteiger charge is -1.99. The van der Waals surface area contributed by atoms with Crippen molar-refractivity contribution in [1.29, 1.82) is 0 Å². The fourth-order valence-corrected chi connectivity index (χ4v) is 2.80. The van der Waals surface area contributed by atoms with Gasteiger partial charge in [-0.3, -0.25) is 0 Å². The molecule has 0 bridgehead atoms. The summed E-state index contributed by atoms with van der Waals surface area (Å²) in [5.41, 5.74) is 7.99. The standard InChI is InChI=1S/C16H13ClN4S/c17-13-8-6-12(7-9-13)15(18)19-16-21-20-14(22-16)10-11-4-2-1-3-5-11/h1-9H,10H2,(H2,18,19,21). The number of benzene rings is 2. The van der Waals surface area contributed by atoms with Crippen molar-refractivity contribution in [2.24, 2.45) is 10.7 Å². The van der Waals surface area contributed by atoms with E-state index < -0.39 is 0 Å². The number of nitrogens with zero attached hydrogens (tertiary/aromatic N) is 3. The van der Waals surface area contributed by atoms with Crippen LogP contribution in [-0.2, 0) is 6.42 Å². The van der Waals surface area contributed by atoms with E-state index in [9.17, 15) is 0 Å². The largest absolute Gasteiger partial charge is 0.383 e. The first-order chi connectivity index (χ1) is 10.7. The van der Waals surface area contributed by atoms with Gasteiger partial charge in [-0.15, -0.1) is 10.2 Å². The summed E-state index contributed by atoms with van der Waals surface area (Å²) in [6, 6.07) is 17.3. The zero-order chi connectivity index (χ0) is 15.4. The van der Waals surface area contributed by atoms with Crippen molar-refractivity contribution >= 4 is 33.9 Å². The number of aliphatic imine (C=N–C) groups is 1. The summed E-state index contributed by atoms with van der Waals surface area (Å²) in [5.74, 6) is 0.402. The van der Waals surface area contributed by atoms with E-state index in [0.29, 0.717) is 16.0 Å². The Hall–Kier alpha value is -2.24. The maximum absolute atomic E-state index is 5.98. The van der Waals surface area contributed by atoms with E-state index in [4.69, 9.17) is 17.3 Å². The minimum Gasteiger partial charge on any atom is -0.383 e. The maximum atomic E-state index is 5.98. The molecule has 4 nitrogen and oxygen atoms in total. The molecule has 0 saturated heterocycles. The molecule has 0 unspecified atom stereocenters. The minimum absolute atomic E-state index is 0.402. The smallest absolute Gasteiger partial charge is 0.233 e. The summed E-state index contributed by atoms with van der Waals surface area (Å²) >= 11 is 7.29. The molecule has 0 atom stereocenters. The first kappa shape index (κ1) is 14.7. The van der Waals surface area contributed by atoms with Gasteiger partial charge in [0.25, 0.3) is 0 Å². The second kappa shape index (κ2) is 6.68. The van der Waals surface area contributed by atoms with E-state index in [1.54, 1.807) is 12.1 Å². The van der Waals surface area contributed by atoms with E-state index in [1.807, 2.05) is 30.3 Å². The third-order valence-corrected chi connectivity index (χ3v) is 4.08. The molecule has 0 spiro atoms. The van der Waals surface area contributed by atoms with Crippen LogP contribution in [0.2, 0.25) is 5.02 Å². The Kier molecular flexibility index (Phi) is 4.46. The highest BCUT2D eigenvalue weighted by Crippen LogP contribution is 2.21. The predicted molar refractivity (Wildman–Crippen MR) is 91.0 cm³/mol. The molecule has 2 aromatic carbocycles. The molecule has 0 amide bonds. The van der Waals surface area contributed by atoms with Gasteiger partial charge >= 0.3 is 0 Å². The molecule has 2 N–H and O–H groups in total. The van der Waals surface area contributed by atoms with Crippen molar-refractivity contribution in [1.82, 2.24) is 10.2 Å². The van der Waals surface area contributed by atoms with E-state index in [0.717, 1.165) is 17.0 Å². The minimum atomic E-state index is 0.402. The van der Waals surface area contributed by atoms with Crippen LogP contribution in [0.1, 0.15) is 16.1 Å². The topological polar surface area (TPSA) is 64.2 Å². The van der Waals surface area contributed by atoms with Crippen LogP contribution >= 0.6 is 22.9 Å². The van der Waals surface area contributed by atoms with E-state index in [1.165, 1.54) is 16.9 Å². The van der Waals surface area contributed by atoms with Gasteiger partial charge in [-0.25, -0.2) is 4.99 Å². The Morgan fingerprint density at radius 3 is 2.50 bits per heavy atom. The van der Waals surface area contributed by atoms with Crippen LogP contribution in [0.25, 0.3) is 0 Å². The average molecular weight is 329 g/mol. The second-order valence-corrected chi connectivity index (χ2v) is 6.12. The van der Waals surface area contributed by atoms with Gasteiger partial charge in [-0.1, -0.05) is 53.3 Å². The molecule has 0 aliphatic heterocycles. The molecule has 0 saturated carbocycles. The van der Waals surface area contributed by atoms with Crippen LogP contribution in [-0.4, -0.2) is 16.0 Å². The molecule has 22 heavy (non-hydrogen) atoms. The lowest BCUT2D eigenvalue weighted by Crippen LogP contribution is -2.12. The number of halogens is 1. The normalized spacial score (nSPS) is 11.6. The molecule has 0 fully saturated rings. The molecule has 6 heteroatoms. The van der Waals surface area contributed by atoms with Crippen LogP contribution in [0.3, 0.4) is 0 Å². The zero-order valence-corrected chi connectivity index (χ0v) is 13.2. The van der Waals surface area contributed by atoms with E-state index in [2.05, 4.69) is 27.3 Å². The zero-order valence-electron chi connectivity index (χ0n) is 11.6. The van der Waals surface area contributed by atoms with Gasteiger partial charge in [0.05, 0.1) is 0 Å². The molecule has 3 rings (SSSR count). The molecule has 0 aliphatic rings. The van der Waals surface area contributed by atoms with Crippen molar-refractivity contribution in [3.8, 4) is 0 Å². The second-order valence-electron chi connectivity index (χ2n) is 4.64. The average Bonchev–Trinajstić information content (AvgIpc) is 2.96. The third kappa shape index (κ3) is 3.69. The van der Waals surface area contributed by atoms with Crippen LogP contribution in [0.5, 0.6) is 0 Å². The summed E-state index contributed by atoms with van der Waals surface area (Å²) < 4.78 is 0. The van der Waals surface area contributed by atoms with Gasteiger partial charge < -0.3 is 5.73 Å². The Balaban J connectivity index is 1.76. The van der Waals surface area contributed by atoms with E-state index in [-0.39, 0.29) is 0 Å². The fourth-order valence-electron chi connectivity index (χ4n) is 1.92. The molecule has 0 aliphatic carbocycles. The summed E-state index contributed by atoms with van der Waals surface area (Å²) in [7, 11) is 0. The lowest BCUT2D eigenvalue weighted by molar-refractivity contribution is 1.00. The summed E-state index contributed by atoms with van der Waals surface area (Å²) in [4.78, 5) is 4.32. The molecule has 1 aromatic heterocycles. The molecule has 110 valence electrons. The maximum Gasteiger partial charge on any atom is 0.233 e. The van der Waals surface area contributed by atoms with Gasteiger partial charge in [0.15, 0.2) is 0 Å². The van der Waals surface area contributed by atoms with Gasteiger partial charge in [0.2, 0.25) is 5.13 Å². The molecule has 0 radical (unpaired) electrons. The Bertz CT molecular complexity index is 781. The first-order valence-corrected chi connectivity index (χ1v) is 7.86. The highest BCUT2D eigenvalue weighted by Gasteiger charge is 2.06. The van der Waals surface area contributed by atoms with Crippen LogP contribution in [0.15, 0.2) is 59.6 Å². The molecule has 1 heterocycles. The van der Waals surface area contributed by atoms with Crippen molar-refractivity contribution < 1.29 is 0 Å². The molecular formula is C16H13ClN4S. The Morgan fingerprint density at radius 1 is 1.05 bits per heavy atom. The fraction of sp³-hybridized carbons (Fsp3) is 0.0625. The van der Waals surface area contributed by atoms with Gasteiger partial charge in [-0.05, 0) is 29.8 Å². The highest BCUT2D eigenvalue weighted by molar-refractivity contribution is 7.15. The van der Waals surface area contributed by atoms with Crippen molar-refractivity contribution in [2.75, 3.05) is 0 Å². The number of amidine groups is 1. The van der Waals surface area contributed by atoms with Gasteiger partial charge in [-0.2, -0.15) is 0 Å².